The number of hydrogen-bond donors (Lipinski definition) is 1. The molecule has 0 saturated carbocycles. The van der Waals surface area contributed by atoms with Gasteiger partial charge in [0.1, 0.15) is 0 Å². The van der Waals surface area contributed by atoms with Crippen LogP contribution in [-0.4, -0.2) is 99.9 Å². The third kappa shape index (κ3) is 6.59. The number of morpholine rings is 1. The normalized spacial score (nSPS) is 29.1. The number of nitrogens with zero attached hydrogens (tertiary/aromatic N) is 2. The zero-order valence-corrected chi connectivity index (χ0v) is 13.4. The summed E-state index contributed by atoms with van der Waals surface area (Å²) in [6, 6.07) is 0. The molecule has 6 nitrogen and oxygen atoms in total. The topological polar surface area (TPSA) is 54.4 Å². The van der Waals surface area contributed by atoms with Crippen LogP contribution in [0.1, 0.15) is 12.8 Å². The molecule has 2 aliphatic rings. The van der Waals surface area contributed by atoms with Crippen molar-refractivity contribution in [3.63, 3.8) is 0 Å². The van der Waals surface area contributed by atoms with Gasteiger partial charge in [-0.25, -0.2) is 0 Å². The van der Waals surface area contributed by atoms with Gasteiger partial charge >= 0.3 is 0 Å². The molecule has 0 aromatic rings. The van der Waals surface area contributed by atoms with Crippen molar-refractivity contribution in [3.05, 3.63) is 0 Å². The summed E-state index contributed by atoms with van der Waals surface area (Å²) in [6.07, 6.45) is 2.21. The SMILES string of the molecule is CN(C)C[C@@H]1CN(C[C@@H](O)COC[C@H]2CCCO2)CCO1. The Labute approximate surface area is 127 Å². The van der Waals surface area contributed by atoms with Crippen molar-refractivity contribution >= 4 is 0 Å². The van der Waals surface area contributed by atoms with Gasteiger partial charge in [0.05, 0.1) is 38.1 Å². The largest absolute Gasteiger partial charge is 0.389 e. The Morgan fingerprint density at radius 2 is 2.10 bits per heavy atom. The van der Waals surface area contributed by atoms with E-state index in [4.69, 9.17) is 14.2 Å². The Hall–Kier alpha value is -0.240. The predicted octanol–water partition coefficient (Wildman–Crippen LogP) is -0.195. The molecule has 2 fully saturated rings. The number of aliphatic hydroxyl groups excluding tert-OH is 1. The molecule has 0 aliphatic carbocycles. The van der Waals surface area contributed by atoms with Crippen molar-refractivity contribution in [3.8, 4) is 0 Å². The summed E-state index contributed by atoms with van der Waals surface area (Å²) in [5, 5.41) is 10.1. The molecule has 0 radical (unpaired) electrons. The van der Waals surface area contributed by atoms with E-state index in [1.54, 1.807) is 0 Å². The Kier molecular flexibility index (Phi) is 7.36. The van der Waals surface area contributed by atoms with Crippen molar-refractivity contribution in [2.24, 2.45) is 0 Å². The average Bonchev–Trinajstić information content (AvgIpc) is 2.91. The van der Waals surface area contributed by atoms with Crippen LogP contribution in [0, 0.1) is 0 Å². The minimum atomic E-state index is -0.440. The van der Waals surface area contributed by atoms with Crippen molar-refractivity contribution < 1.29 is 19.3 Å². The molecule has 2 heterocycles. The molecule has 2 aliphatic heterocycles. The molecule has 1 N–H and O–H groups in total. The average molecular weight is 302 g/mol. The first-order valence-corrected chi connectivity index (χ1v) is 7.99. The standard InChI is InChI=1S/C15H30N2O4/c1-16(2)9-15-10-17(5-7-21-15)8-13(18)11-19-12-14-4-3-6-20-14/h13-15,18H,3-12H2,1-2H3/t13-,14-,15-/m1/s1. The van der Waals surface area contributed by atoms with Crippen molar-refractivity contribution in [1.29, 1.82) is 0 Å². The first-order chi connectivity index (χ1) is 10.1. The highest BCUT2D eigenvalue weighted by Crippen LogP contribution is 2.12. The van der Waals surface area contributed by atoms with E-state index in [0.717, 1.165) is 45.7 Å². The molecule has 0 spiro atoms. The highest BCUT2D eigenvalue weighted by atomic mass is 16.5. The molecule has 124 valence electrons. The van der Waals surface area contributed by atoms with Gasteiger partial charge < -0.3 is 24.2 Å². The van der Waals surface area contributed by atoms with Gasteiger partial charge in [0, 0.05) is 32.8 Å². The van der Waals surface area contributed by atoms with E-state index >= 15 is 0 Å². The highest BCUT2D eigenvalue weighted by Gasteiger charge is 2.23. The smallest absolute Gasteiger partial charge is 0.0900 e. The number of aliphatic hydroxyl groups is 1. The molecule has 0 aromatic heterocycles. The fourth-order valence-electron chi connectivity index (χ4n) is 2.93. The molecule has 21 heavy (non-hydrogen) atoms. The summed E-state index contributed by atoms with van der Waals surface area (Å²) >= 11 is 0. The van der Waals surface area contributed by atoms with Gasteiger partial charge in [-0.3, -0.25) is 4.90 Å². The molecule has 3 atom stereocenters. The first-order valence-electron chi connectivity index (χ1n) is 7.99. The second-order valence-electron chi connectivity index (χ2n) is 6.34. The van der Waals surface area contributed by atoms with Crippen LogP contribution in [0.4, 0.5) is 0 Å². The molecule has 6 heteroatoms. The van der Waals surface area contributed by atoms with Crippen molar-refractivity contribution in [2.45, 2.75) is 31.2 Å². The van der Waals surface area contributed by atoms with E-state index in [0.29, 0.717) is 19.8 Å². The lowest BCUT2D eigenvalue weighted by Crippen LogP contribution is -2.49. The third-order valence-electron chi connectivity index (χ3n) is 3.90. The second-order valence-corrected chi connectivity index (χ2v) is 6.34. The van der Waals surface area contributed by atoms with Gasteiger partial charge in [0.2, 0.25) is 0 Å². The van der Waals surface area contributed by atoms with Crippen LogP contribution in [0.2, 0.25) is 0 Å². The zero-order valence-electron chi connectivity index (χ0n) is 13.4. The van der Waals surface area contributed by atoms with Crippen LogP contribution in [-0.2, 0) is 14.2 Å². The van der Waals surface area contributed by atoms with Crippen molar-refractivity contribution in [2.75, 3.05) is 66.7 Å². The van der Waals surface area contributed by atoms with Gasteiger partial charge in [-0.1, -0.05) is 0 Å². The molecule has 0 bridgehead atoms. The molecular formula is C15H30N2O4. The fraction of sp³-hybridized carbons (Fsp3) is 1.00. The first kappa shape index (κ1) is 17.1. The van der Waals surface area contributed by atoms with Gasteiger partial charge in [0.25, 0.3) is 0 Å². The molecule has 0 amide bonds. The third-order valence-corrected chi connectivity index (χ3v) is 3.90. The van der Waals surface area contributed by atoms with Crippen LogP contribution in [0.25, 0.3) is 0 Å². The number of ether oxygens (including phenoxy) is 3. The van der Waals surface area contributed by atoms with E-state index in [1.165, 1.54) is 0 Å². The van der Waals surface area contributed by atoms with Crippen LogP contribution in [0.5, 0.6) is 0 Å². The Morgan fingerprint density at radius 3 is 2.81 bits per heavy atom. The van der Waals surface area contributed by atoms with Gasteiger partial charge in [-0.2, -0.15) is 0 Å². The quantitative estimate of drug-likeness (QED) is 0.670. The lowest BCUT2D eigenvalue weighted by atomic mass is 10.2. The van der Waals surface area contributed by atoms with Gasteiger partial charge in [-0.05, 0) is 26.9 Å². The van der Waals surface area contributed by atoms with E-state index < -0.39 is 6.10 Å². The summed E-state index contributed by atoms with van der Waals surface area (Å²) in [7, 11) is 4.10. The number of likely N-dealkylation sites (N-methyl/N-ethyl adjacent to an activating group) is 1. The Bertz CT molecular complexity index is 285. The Morgan fingerprint density at radius 1 is 1.29 bits per heavy atom. The van der Waals surface area contributed by atoms with Crippen LogP contribution in [0.3, 0.4) is 0 Å². The minimum Gasteiger partial charge on any atom is -0.389 e. The summed E-state index contributed by atoms with van der Waals surface area (Å²) in [4.78, 5) is 4.40. The van der Waals surface area contributed by atoms with E-state index in [1.807, 2.05) is 0 Å². The fourth-order valence-corrected chi connectivity index (χ4v) is 2.93. The number of rotatable bonds is 8. The lowest BCUT2D eigenvalue weighted by Gasteiger charge is -2.35. The van der Waals surface area contributed by atoms with Crippen LogP contribution < -0.4 is 0 Å². The minimum absolute atomic E-state index is 0.227. The van der Waals surface area contributed by atoms with Crippen molar-refractivity contribution in [1.82, 2.24) is 9.80 Å². The summed E-state index contributed by atoms with van der Waals surface area (Å²) < 4.78 is 16.8. The maximum absolute atomic E-state index is 10.1. The maximum atomic E-state index is 10.1. The summed E-state index contributed by atoms with van der Waals surface area (Å²) in [5.41, 5.74) is 0. The van der Waals surface area contributed by atoms with Gasteiger partial charge in [0.15, 0.2) is 0 Å². The Balaban J connectivity index is 1.58. The summed E-state index contributed by atoms with van der Waals surface area (Å²) in [5.74, 6) is 0. The second kappa shape index (κ2) is 9.02. The molecule has 0 unspecified atom stereocenters. The van der Waals surface area contributed by atoms with Crippen LogP contribution in [0.15, 0.2) is 0 Å². The lowest BCUT2D eigenvalue weighted by molar-refractivity contribution is -0.0630. The number of β-amino-alcohol motifs (C(OH)–C–C–N with tert-alkyl or cyclic N) is 1. The zero-order chi connectivity index (χ0) is 15.1. The van der Waals surface area contributed by atoms with E-state index in [9.17, 15) is 5.11 Å². The van der Waals surface area contributed by atoms with E-state index in [2.05, 4.69) is 23.9 Å². The molecule has 0 aromatic carbocycles. The molecule has 2 saturated heterocycles. The maximum Gasteiger partial charge on any atom is 0.0900 e. The van der Waals surface area contributed by atoms with Crippen LogP contribution >= 0.6 is 0 Å². The monoisotopic (exact) mass is 302 g/mol. The summed E-state index contributed by atoms with van der Waals surface area (Å²) in [6.45, 7) is 5.90. The molecule has 2 rings (SSSR count). The predicted molar refractivity (Wildman–Crippen MR) is 80.5 cm³/mol. The molecular weight excluding hydrogens is 272 g/mol. The highest BCUT2D eigenvalue weighted by molar-refractivity contribution is 4.75. The van der Waals surface area contributed by atoms with E-state index in [-0.39, 0.29) is 12.2 Å². The van der Waals surface area contributed by atoms with Gasteiger partial charge in [-0.15, -0.1) is 0 Å². The number of hydrogen-bond acceptors (Lipinski definition) is 6.